The second-order valence-electron chi connectivity index (χ2n) is 6.95. The first-order valence-electron chi connectivity index (χ1n) is 9.12. The molecule has 1 amide bonds. The second kappa shape index (κ2) is 8.10. The molecule has 0 aliphatic carbocycles. The number of amides is 1. The Hall–Kier alpha value is -2.74. The molecule has 1 heterocycles. The van der Waals surface area contributed by atoms with Gasteiger partial charge in [0.1, 0.15) is 5.75 Å². The van der Waals surface area contributed by atoms with Crippen molar-refractivity contribution < 1.29 is 17.9 Å². The fourth-order valence-corrected chi connectivity index (χ4v) is 4.54. The van der Waals surface area contributed by atoms with E-state index in [1.54, 1.807) is 38.3 Å². The van der Waals surface area contributed by atoms with Crippen LogP contribution in [0.3, 0.4) is 0 Å². The van der Waals surface area contributed by atoms with Crippen LogP contribution in [-0.4, -0.2) is 34.5 Å². The molecule has 28 heavy (non-hydrogen) atoms. The minimum Gasteiger partial charge on any atom is -0.496 e. The average molecular weight is 404 g/mol. The molecular weight excluding hydrogens is 378 g/mol. The van der Waals surface area contributed by atoms with Gasteiger partial charge in [0.25, 0.3) is 10.0 Å². The van der Waals surface area contributed by atoms with Crippen molar-refractivity contribution in [2.45, 2.75) is 24.7 Å². The number of carbonyl (C=O) groups excluding carboxylic acids is 1. The SMILES string of the molecule is COc1ccc(S(=O)(=O)Nc2ccc(N3CCC(C(N)=O)CC3)cc2)cc1C. The molecular formula is C20H25N3O4S. The van der Waals surface area contributed by atoms with Crippen LogP contribution in [0, 0.1) is 12.8 Å². The van der Waals surface area contributed by atoms with Crippen LogP contribution in [0.1, 0.15) is 18.4 Å². The molecule has 0 spiro atoms. The average Bonchev–Trinajstić information content (AvgIpc) is 2.68. The predicted octanol–water partition coefficient (Wildman–Crippen LogP) is 2.51. The van der Waals surface area contributed by atoms with Crippen LogP contribution in [0.25, 0.3) is 0 Å². The molecule has 8 heteroatoms. The van der Waals surface area contributed by atoms with Gasteiger partial charge in [-0.1, -0.05) is 0 Å². The zero-order valence-electron chi connectivity index (χ0n) is 16.0. The first-order valence-corrected chi connectivity index (χ1v) is 10.6. The number of nitrogens with two attached hydrogens (primary N) is 1. The molecule has 0 unspecified atom stereocenters. The van der Waals surface area contributed by atoms with Crippen LogP contribution in [0.5, 0.6) is 5.75 Å². The van der Waals surface area contributed by atoms with Gasteiger partial charge in [0.05, 0.1) is 12.0 Å². The lowest BCUT2D eigenvalue weighted by Crippen LogP contribution is -2.38. The number of ether oxygens (including phenoxy) is 1. The van der Waals surface area contributed by atoms with Crippen LogP contribution in [0.15, 0.2) is 47.4 Å². The van der Waals surface area contributed by atoms with Crippen molar-refractivity contribution in [1.82, 2.24) is 0 Å². The molecule has 1 aliphatic heterocycles. The number of methoxy groups -OCH3 is 1. The van der Waals surface area contributed by atoms with E-state index in [2.05, 4.69) is 9.62 Å². The number of primary amides is 1. The number of piperidine rings is 1. The van der Waals surface area contributed by atoms with Gasteiger partial charge in [-0.3, -0.25) is 9.52 Å². The Balaban J connectivity index is 1.68. The van der Waals surface area contributed by atoms with Gasteiger partial charge in [0.2, 0.25) is 5.91 Å². The first-order chi connectivity index (χ1) is 13.3. The summed E-state index contributed by atoms with van der Waals surface area (Å²) in [6.07, 6.45) is 1.47. The number of hydrogen-bond acceptors (Lipinski definition) is 5. The summed E-state index contributed by atoms with van der Waals surface area (Å²) in [5, 5.41) is 0. The van der Waals surface area contributed by atoms with Crippen LogP contribution < -0.4 is 20.1 Å². The second-order valence-corrected chi connectivity index (χ2v) is 8.63. The van der Waals surface area contributed by atoms with Crippen molar-refractivity contribution in [3.63, 3.8) is 0 Å². The van der Waals surface area contributed by atoms with E-state index in [1.807, 2.05) is 12.1 Å². The lowest BCUT2D eigenvalue weighted by Gasteiger charge is -2.32. The first kappa shape index (κ1) is 20.0. The molecule has 1 aliphatic rings. The van der Waals surface area contributed by atoms with Crippen LogP contribution in [0.4, 0.5) is 11.4 Å². The maximum atomic E-state index is 12.6. The number of aryl methyl sites for hydroxylation is 1. The van der Waals surface area contributed by atoms with E-state index < -0.39 is 10.0 Å². The Bertz CT molecular complexity index is 950. The smallest absolute Gasteiger partial charge is 0.261 e. The Morgan fingerprint density at radius 3 is 2.32 bits per heavy atom. The summed E-state index contributed by atoms with van der Waals surface area (Å²) in [4.78, 5) is 13.6. The largest absolute Gasteiger partial charge is 0.496 e. The van der Waals surface area contributed by atoms with Crippen molar-refractivity contribution in [1.29, 1.82) is 0 Å². The summed E-state index contributed by atoms with van der Waals surface area (Å²) in [5.41, 5.74) is 7.61. The molecule has 0 aromatic heterocycles. The third-order valence-corrected chi connectivity index (χ3v) is 6.44. The number of nitrogens with zero attached hydrogens (tertiary/aromatic N) is 1. The third-order valence-electron chi connectivity index (χ3n) is 5.06. The monoisotopic (exact) mass is 403 g/mol. The number of rotatable bonds is 6. The molecule has 0 radical (unpaired) electrons. The van der Waals surface area contributed by atoms with E-state index in [0.717, 1.165) is 37.2 Å². The number of benzene rings is 2. The number of hydrogen-bond donors (Lipinski definition) is 2. The highest BCUT2D eigenvalue weighted by molar-refractivity contribution is 7.92. The standard InChI is InChI=1S/C20H25N3O4S/c1-14-13-18(7-8-19(14)27-2)28(25,26)22-16-3-5-17(6-4-16)23-11-9-15(10-12-23)20(21)24/h3-8,13,15,22H,9-12H2,1-2H3,(H2,21,24). The molecule has 0 atom stereocenters. The summed E-state index contributed by atoms with van der Waals surface area (Å²) in [7, 11) is -2.14. The van der Waals surface area contributed by atoms with E-state index in [0.29, 0.717) is 11.4 Å². The van der Waals surface area contributed by atoms with E-state index in [1.165, 1.54) is 6.07 Å². The van der Waals surface area contributed by atoms with Crippen LogP contribution in [-0.2, 0) is 14.8 Å². The maximum Gasteiger partial charge on any atom is 0.261 e. The number of anilines is 2. The zero-order chi connectivity index (χ0) is 20.3. The lowest BCUT2D eigenvalue weighted by molar-refractivity contribution is -0.122. The topological polar surface area (TPSA) is 102 Å². The van der Waals surface area contributed by atoms with Gasteiger partial charge in [-0.2, -0.15) is 0 Å². The predicted molar refractivity (Wildman–Crippen MR) is 109 cm³/mol. The molecule has 2 aromatic rings. The molecule has 0 bridgehead atoms. The van der Waals surface area contributed by atoms with Gasteiger partial charge in [0, 0.05) is 30.4 Å². The van der Waals surface area contributed by atoms with E-state index >= 15 is 0 Å². The molecule has 3 rings (SSSR count). The summed E-state index contributed by atoms with van der Waals surface area (Å²) in [6, 6.07) is 12.0. The molecule has 7 nitrogen and oxygen atoms in total. The van der Waals surface area contributed by atoms with Crippen molar-refractivity contribution in [3.05, 3.63) is 48.0 Å². The molecule has 1 saturated heterocycles. The van der Waals surface area contributed by atoms with Gasteiger partial charge < -0.3 is 15.4 Å². The summed E-state index contributed by atoms with van der Waals surface area (Å²) >= 11 is 0. The molecule has 0 saturated carbocycles. The fraction of sp³-hybridized carbons (Fsp3) is 0.350. The fourth-order valence-electron chi connectivity index (χ4n) is 3.39. The van der Waals surface area contributed by atoms with E-state index in [-0.39, 0.29) is 16.7 Å². The highest BCUT2D eigenvalue weighted by Crippen LogP contribution is 2.26. The summed E-state index contributed by atoms with van der Waals surface area (Å²) in [5.74, 6) is 0.344. The van der Waals surface area contributed by atoms with Gasteiger partial charge in [-0.25, -0.2) is 8.42 Å². The number of sulfonamides is 1. The minimum absolute atomic E-state index is 0.0599. The maximum absolute atomic E-state index is 12.6. The summed E-state index contributed by atoms with van der Waals surface area (Å²) in [6.45, 7) is 3.31. The molecule has 1 fully saturated rings. The number of nitrogens with one attached hydrogen (secondary N) is 1. The van der Waals surface area contributed by atoms with E-state index in [9.17, 15) is 13.2 Å². The third kappa shape index (κ3) is 4.39. The van der Waals surface area contributed by atoms with Crippen molar-refractivity contribution in [3.8, 4) is 5.75 Å². The van der Waals surface area contributed by atoms with Gasteiger partial charge in [-0.05, 0) is 67.8 Å². The Kier molecular flexibility index (Phi) is 5.79. The minimum atomic E-state index is -3.69. The van der Waals surface area contributed by atoms with Gasteiger partial charge >= 0.3 is 0 Å². The van der Waals surface area contributed by atoms with E-state index in [4.69, 9.17) is 10.5 Å². The number of carbonyl (C=O) groups is 1. The van der Waals surface area contributed by atoms with Crippen molar-refractivity contribution in [2.75, 3.05) is 29.8 Å². The van der Waals surface area contributed by atoms with Crippen LogP contribution in [0.2, 0.25) is 0 Å². The highest BCUT2D eigenvalue weighted by atomic mass is 32.2. The Morgan fingerprint density at radius 2 is 1.79 bits per heavy atom. The molecule has 2 aromatic carbocycles. The lowest BCUT2D eigenvalue weighted by atomic mass is 9.96. The van der Waals surface area contributed by atoms with Gasteiger partial charge in [0.15, 0.2) is 0 Å². The molecule has 150 valence electrons. The Labute approximate surface area is 165 Å². The van der Waals surface area contributed by atoms with Crippen molar-refractivity contribution >= 4 is 27.3 Å². The van der Waals surface area contributed by atoms with Gasteiger partial charge in [-0.15, -0.1) is 0 Å². The summed E-state index contributed by atoms with van der Waals surface area (Å²) < 4.78 is 33.0. The normalized spacial score (nSPS) is 15.3. The quantitative estimate of drug-likeness (QED) is 0.772. The Morgan fingerprint density at radius 1 is 1.14 bits per heavy atom. The molecule has 3 N–H and O–H groups in total. The van der Waals surface area contributed by atoms with Crippen LogP contribution >= 0.6 is 0 Å². The van der Waals surface area contributed by atoms with Crippen molar-refractivity contribution in [2.24, 2.45) is 11.7 Å². The highest BCUT2D eigenvalue weighted by Gasteiger charge is 2.23. The zero-order valence-corrected chi connectivity index (χ0v) is 16.8.